The van der Waals surface area contributed by atoms with Crippen LogP contribution in [0.4, 0.5) is 0 Å². The molecule has 0 aromatic heterocycles. The standard InChI is InChI=1S/C23H38O6/c1-17(2)19(9-6-7-12-23(3,26)22(24)25)15-18-10-11-20(28-5)21(16-18)29-14-8-13-27-4/h10-11,16-17,19,26H,6-9,12-15H2,1-5H3,(H,24,25)/t19-,23+/m0/s1. The van der Waals surface area contributed by atoms with Gasteiger partial charge < -0.3 is 24.4 Å². The average molecular weight is 411 g/mol. The summed E-state index contributed by atoms with van der Waals surface area (Å²) in [5.74, 6) is 1.29. The largest absolute Gasteiger partial charge is 0.493 e. The first-order chi connectivity index (χ1) is 13.7. The van der Waals surface area contributed by atoms with Gasteiger partial charge in [-0.25, -0.2) is 4.79 Å². The van der Waals surface area contributed by atoms with Crippen molar-refractivity contribution in [1.82, 2.24) is 0 Å². The monoisotopic (exact) mass is 410 g/mol. The Bertz CT molecular complexity index is 611. The molecule has 0 spiro atoms. The molecule has 6 heteroatoms. The Morgan fingerprint density at radius 1 is 1.10 bits per heavy atom. The van der Waals surface area contributed by atoms with Crippen LogP contribution in [-0.2, 0) is 16.0 Å². The number of aliphatic carboxylic acids is 1. The zero-order valence-electron chi connectivity index (χ0n) is 18.6. The summed E-state index contributed by atoms with van der Waals surface area (Å²) in [6.07, 6.45) is 4.59. The van der Waals surface area contributed by atoms with Crippen LogP contribution in [0.1, 0.15) is 58.4 Å². The molecule has 0 bridgehead atoms. The van der Waals surface area contributed by atoms with Gasteiger partial charge in [0.05, 0.1) is 13.7 Å². The fraction of sp³-hybridized carbons (Fsp3) is 0.696. The lowest BCUT2D eigenvalue weighted by Gasteiger charge is -2.23. The third-order valence-corrected chi connectivity index (χ3v) is 5.37. The molecular formula is C23H38O6. The molecule has 0 unspecified atom stereocenters. The van der Waals surface area contributed by atoms with Crippen LogP contribution in [0.5, 0.6) is 11.5 Å². The van der Waals surface area contributed by atoms with Crippen molar-refractivity contribution in [3.63, 3.8) is 0 Å². The molecule has 166 valence electrons. The summed E-state index contributed by atoms with van der Waals surface area (Å²) in [6, 6.07) is 6.07. The quantitative estimate of drug-likeness (QED) is 0.419. The number of carbonyl (C=O) groups is 1. The number of carboxylic acids is 1. The fourth-order valence-electron chi connectivity index (χ4n) is 3.30. The zero-order chi connectivity index (χ0) is 21.9. The van der Waals surface area contributed by atoms with E-state index < -0.39 is 11.6 Å². The molecule has 0 heterocycles. The summed E-state index contributed by atoms with van der Waals surface area (Å²) in [6.45, 7) is 7.02. The van der Waals surface area contributed by atoms with E-state index >= 15 is 0 Å². The van der Waals surface area contributed by atoms with E-state index in [2.05, 4.69) is 26.0 Å². The van der Waals surface area contributed by atoms with E-state index in [0.717, 1.165) is 37.2 Å². The maximum absolute atomic E-state index is 11.0. The van der Waals surface area contributed by atoms with Crippen LogP contribution in [-0.4, -0.2) is 49.2 Å². The fourth-order valence-corrected chi connectivity index (χ4v) is 3.30. The third kappa shape index (κ3) is 9.05. The molecular weight excluding hydrogens is 372 g/mol. The van der Waals surface area contributed by atoms with Crippen molar-refractivity contribution in [1.29, 1.82) is 0 Å². The number of hydrogen-bond donors (Lipinski definition) is 2. The molecule has 0 saturated carbocycles. The molecule has 0 aliphatic rings. The van der Waals surface area contributed by atoms with Gasteiger partial charge in [-0.15, -0.1) is 0 Å². The molecule has 1 aromatic rings. The molecule has 29 heavy (non-hydrogen) atoms. The van der Waals surface area contributed by atoms with Gasteiger partial charge in [-0.1, -0.05) is 26.3 Å². The minimum Gasteiger partial charge on any atom is -0.493 e. The molecule has 0 radical (unpaired) electrons. The first-order valence-corrected chi connectivity index (χ1v) is 10.5. The van der Waals surface area contributed by atoms with Gasteiger partial charge >= 0.3 is 5.97 Å². The van der Waals surface area contributed by atoms with Crippen LogP contribution in [0.3, 0.4) is 0 Å². The van der Waals surface area contributed by atoms with Crippen molar-refractivity contribution in [2.24, 2.45) is 11.8 Å². The van der Waals surface area contributed by atoms with Gasteiger partial charge in [-0.2, -0.15) is 0 Å². The Labute approximate surface area is 175 Å². The van der Waals surface area contributed by atoms with Crippen molar-refractivity contribution in [3.05, 3.63) is 23.8 Å². The summed E-state index contributed by atoms with van der Waals surface area (Å²) in [5.41, 5.74) is -0.443. The number of aliphatic hydroxyl groups is 1. The molecule has 0 aliphatic heterocycles. The van der Waals surface area contributed by atoms with Crippen LogP contribution in [0.15, 0.2) is 18.2 Å². The number of carboxylic acid groups (broad SMARTS) is 1. The summed E-state index contributed by atoms with van der Waals surface area (Å²) in [7, 11) is 3.32. The third-order valence-electron chi connectivity index (χ3n) is 5.37. The van der Waals surface area contributed by atoms with E-state index in [9.17, 15) is 9.90 Å². The molecule has 1 rings (SSSR count). The Hall–Kier alpha value is -1.79. The number of hydrogen-bond acceptors (Lipinski definition) is 5. The van der Waals surface area contributed by atoms with Gasteiger partial charge in [0, 0.05) is 20.1 Å². The highest BCUT2D eigenvalue weighted by molar-refractivity contribution is 5.76. The minimum absolute atomic E-state index is 0.273. The number of benzene rings is 1. The van der Waals surface area contributed by atoms with Crippen LogP contribution in [0.2, 0.25) is 0 Å². The molecule has 0 fully saturated rings. The normalized spacial score (nSPS) is 14.4. The Kier molecular flexibility index (Phi) is 11.1. The van der Waals surface area contributed by atoms with Crippen molar-refractivity contribution in [2.45, 2.75) is 64.9 Å². The first-order valence-electron chi connectivity index (χ1n) is 10.5. The second kappa shape index (κ2) is 12.7. The van der Waals surface area contributed by atoms with Gasteiger partial charge in [0.1, 0.15) is 0 Å². The topological polar surface area (TPSA) is 85.2 Å². The Morgan fingerprint density at radius 2 is 1.83 bits per heavy atom. The van der Waals surface area contributed by atoms with Crippen LogP contribution < -0.4 is 9.47 Å². The molecule has 0 saturated heterocycles. The van der Waals surface area contributed by atoms with Crippen LogP contribution >= 0.6 is 0 Å². The van der Waals surface area contributed by atoms with E-state index in [1.807, 2.05) is 6.07 Å². The molecule has 6 nitrogen and oxygen atoms in total. The van der Waals surface area contributed by atoms with Gasteiger partial charge in [0.2, 0.25) is 0 Å². The highest BCUT2D eigenvalue weighted by Gasteiger charge is 2.29. The average Bonchev–Trinajstić information content (AvgIpc) is 2.67. The van der Waals surface area contributed by atoms with Crippen LogP contribution in [0, 0.1) is 11.8 Å². The van der Waals surface area contributed by atoms with E-state index in [1.165, 1.54) is 12.5 Å². The van der Waals surface area contributed by atoms with Gasteiger partial charge in [-0.05, 0) is 62.1 Å². The van der Waals surface area contributed by atoms with Gasteiger partial charge in [0.25, 0.3) is 0 Å². The number of rotatable bonds is 15. The van der Waals surface area contributed by atoms with Crippen molar-refractivity contribution in [2.75, 3.05) is 27.4 Å². The minimum atomic E-state index is -1.64. The molecule has 0 aliphatic carbocycles. The summed E-state index contributed by atoms with van der Waals surface area (Å²) in [5, 5.41) is 18.9. The van der Waals surface area contributed by atoms with Crippen molar-refractivity contribution < 1.29 is 29.2 Å². The number of unbranched alkanes of at least 4 members (excludes halogenated alkanes) is 1. The number of ether oxygens (including phenoxy) is 3. The second-order valence-electron chi connectivity index (χ2n) is 8.21. The predicted molar refractivity (Wildman–Crippen MR) is 114 cm³/mol. The van der Waals surface area contributed by atoms with Crippen molar-refractivity contribution in [3.8, 4) is 11.5 Å². The number of methoxy groups -OCH3 is 2. The lowest BCUT2D eigenvalue weighted by molar-refractivity contribution is -0.157. The molecule has 2 N–H and O–H groups in total. The molecule has 2 atom stereocenters. The SMILES string of the molecule is COCCCOc1cc(C[C@H](CCCC[C@@](C)(O)C(=O)O)C(C)C)ccc1OC. The lowest BCUT2D eigenvalue weighted by atomic mass is 9.84. The van der Waals surface area contributed by atoms with Crippen molar-refractivity contribution >= 4 is 5.97 Å². The highest BCUT2D eigenvalue weighted by atomic mass is 16.5. The van der Waals surface area contributed by atoms with E-state index in [4.69, 9.17) is 19.3 Å². The first kappa shape index (κ1) is 25.2. The van der Waals surface area contributed by atoms with E-state index in [-0.39, 0.29) is 6.42 Å². The summed E-state index contributed by atoms with van der Waals surface area (Å²) >= 11 is 0. The van der Waals surface area contributed by atoms with E-state index in [1.54, 1.807) is 14.2 Å². The molecule has 1 aromatic carbocycles. The summed E-state index contributed by atoms with van der Waals surface area (Å²) < 4.78 is 16.4. The predicted octanol–water partition coefficient (Wildman–Crippen LogP) is 4.32. The Morgan fingerprint density at radius 3 is 2.41 bits per heavy atom. The smallest absolute Gasteiger partial charge is 0.335 e. The second-order valence-corrected chi connectivity index (χ2v) is 8.21. The van der Waals surface area contributed by atoms with Crippen LogP contribution in [0.25, 0.3) is 0 Å². The lowest BCUT2D eigenvalue weighted by Crippen LogP contribution is -2.34. The van der Waals surface area contributed by atoms with Gasteiger partial charge in [-0.3, -0.25) is 0 Å². The maximum atomic E-state index is 11.0. The van der Waals surface area contributed by atoms with Gasteiger partial charge in [0.15, 0.2) is 17.1 Å². The van der Waals surface area contributed by atoms with E-state index in [0.29, 0.717) is 31.5 Å². The zero-order valence-corrected chi connectivity index (χ0v) is 18.6. The summed E-state index contributed by atoms with van der Waals surface area (Å²) in [4.78, 5) is 11.0. The Balaban J connectivity index is 2.66. The maximum Gasteiger partial charge on any atom is 0.335 e. The molecule has 0 amide bonds. The highest BCUT2D eigenvalue weighted by Crippen LogP contribution is 2.31.